The summed E-state index contributed by atoms with van der Waals surface area (Å²) in [5, 5.41) is 0.578. The van der Waals surface area contributed by atoms with Gasteiger partial charge in [0.1, 0.15) is 23.1 Å². The van der Waals surface area contributed by atoms with Crippen molar-refractivity contribution in [2.75, 3.05) is 7.05 Å². The summed E-state index contributed by atoms with van der Waals surface area (Å²) in [6.07, 6.45) is 0. The number of H-pyrrole nitrogens is 1. The second kappa shape index (κ2) is 5.79. The Morgan fingerprint density at radius 2 is 1.74 bits per heavy atom. The molecule has 6 heteroatoms. The van der Waals surface area contributed by atoms with Gasteiger partial charge in [0.2, 0.25) is 0 Å². The fourth-order valence-electron chi connectivity index (χ4n) is 2.40. The molecule has 1 aromatic heterocycles. The lowest BCUT2D eigenvalue weighted by atomic mass is 10.2. The average molecular weight is 318 g/mol. The number of halogens is 3. The van der Waals surface area contributed by atoms with Gasteiger partial charge in [-0.15, -0.1) is 0 Å². The molecule has 1 N–H and O–H groups in total. The van der Waals surface area contributed by atoms with Crippen molar-refractivity contribution in [2.24, 2.45) is 0 Å². The molecule has 23 heavy (non-hydrogen) atoms. The molecule has 0 atom stereocenters. The van der Waals surface area contributed by atoms with E-state index in [4.69, 9.17) is 0 Å². The summed E-state index contributed by atoms with van der Waals surface area (Å²) in [5.74, 6) is -2.14. The molecule has 1 amide bonds. The molecule has 0 unspecified atom stereocenters. The van der Waals surface area contributed by atoms with E-state index >= 15 is 0 Å². The first kappa shape index (κ1) is 15.1. The van der Waals surface area contributed by atoms with Gasteiger partial charge in [-0.1, -0.05) is 6.07 Å². The Morgan fingerprint density at radius 1 is 1.04 bits per heavy atom. The first-order valence-corrected chi connectivity index (χ1v) is 6.92. The highest BCUT2D eigenvalue weighted by molar-refractivity contribution is 5.97. The summed E-state index contributed by atoms with van der Waals surface area (Å²) in [4.78, 5) is 16.6. The zero-order valence-corrected chi connectivity index (χ0v) is 12.2. The van der Waals surface area contributed by atoms with E-state index in [2.05, 4.69) is 4.98 Å². The van der Waals surface area contributed by atoms with Crippen molar-refractivity contribution >= 4 is 16.8 Å². The lowest BCUT2D eigenvalue weighted by Gasteiger charge is -2.16. The third-order valence-electron chi connectivity index (χ3n) is 3.58. The lowest BCUT2D eigenvalue weighted by molar-refractivity contribution is 0.0779. The third kappa shape index (κ3) is 3.06. The summed E-state index contributed by atoms with van der Waals surface area (Å²) in [6, 6.07) is 8.92. The van der Waals surface area contributed by atoms with Crippen molar-refractivity contribution in [1.29, 1.82) is 0 Å². The number of amides is 1. The number of nitrogens with zero attached hydrogens (tertiary/aromatic N) is 1. The van der Waals surface area contributed by atoms with E-state index in [1.807, 2.05) is 0 Å². The van der Waals surface area contributed by atoms with Crippen LogP contribution in [0.3, 0.4) is 0 Å². The van der Waals surface area contributed by atoms with Crippen molar-refractivity contribution in [1.82, 2.24) is 9.88 Å². The number of fused-ring (bicyclic) bond motifs is 1. The monoisotopic (exact) mass is 318 g/mol. The van der Waals surface area contributed by atoms with Crippen molar-refractivity contribution in [3.05, 3.63) is 71.2 Å². The first-order chi connectivity index (χ1) is 10.9. The predicted octanol–water partition coefficient (Wildman–Crippen LogP) is 3.86. The normalized spacial score (nSPS) is 11.0. The highest BCUT2D eigenvalue weighted by atomic mass is 19.1. The molecular weight excluding hydrogens is 305 g/mol. The topological polar surface area (TPSA) is 36.1 Å². The van der Waals surface area contributed by atoms with E-state index < -0.39 is 17.5 Å². The number of rotatable bonds is 3. The molecule has 0 aliphatic heterocycles. The van der Waals surface area contributed by atoms with E-state index in [9.17, 15) is 18.0 Å². The molecule has 0 radical (unpaired) electrons. The number of aromatic nitrogens is 1. The maximum Gasteiger partial charge on any atom is 0.270 e. The van der Waals surface area contributed by atoms with Crippen LogP contribution >= 0.6 is 0 Å². The Kier molecular flexibility index (Phi) is 3.82. The molecule has 0 saturated carbocycles. The van der Waals surface area contributed by atoms with Gasteiger partial charge < -0.3 is 9.88 Å². The fraction of sp³-hybridized carbons (Fsp3) is 0.118. The van der Waals surface area contributed by atoms with Crippen LogP contribution in [0.15, 0.2) is 42.5 Å². The minimum Gasteiger partial charge on any atom is -0.351 e. The highest BCUT2D eigenvalue weighted by Gasteiger charge is 2.16. The van der Waals surface area contributed by atoms with Gasteiger partial charge in [0.05, 0.1) is 0 Å². The fourth-order valence-corrected chi connectivity index (χ4v) is 2.40. The second-order valence-corrected chi connectivity index (χ2v) is 5.31. The van der Waals surface area contributed by atoms with Gasteiger partial charge in [0, 0.05) is 36.1 Å². The molecule has 118 valence electrons. The first-order valence-electron chi connectivity index (χ1n) is 6.92. The van der Waals surface area contributed by atoms with Crippen LogP contribution in [0.5, 0.6) is 0 Å². The molecule has 0 aliphatic rings. The Balaban J connectivity index is 1.83. The predicted molar refractivity (Wildman–Crippen MR) is 80.4 cm³/mol. The molecular formula is C17H13F3N2O. The zero-order chi connectivity index (χ0) is 16.6. The molecule has 1 heterocycles. The summed E-state index contributed by atoms with van der Waals surface area (Å²) < 4.78 is 39.8. The third-order valence-corrected chi connectivity index (χ3v) is 3.58. The summed E-state index contributed by atoms with van der Waals surface area (Å²) >= 11 is 0. The van der Waals surface area contributed by atoms with Crippen LogP contribution in [0.25, 0.3) is 10.9 Å². The number of hydrogen-bond acceptors (Lipinski definition) is 1. The molecule has 0 saturated heterocycles. The second-order valence-electron chi connectivity index (χ2n) is 5.31. The van der Waals surface area contributed by atoms with Gasteiger partial charge >= 0.3 is 0 Å². The molecule has 3 rings (SSSR count). The number of nitrogens with one attached hydrogen (secondary N) is 1. The average Bonchev–Trinajstić information content (AvgIpc) is 2.92. The Hall–Kier alpha value is -2.76. The van der Waals surface area contributed by atoms with Crippen molar-refractivity contribution < 1.29 is 18.0 Å². The number of carbonyl (C=O) groups excluding carboxylic acids is 1. The van der Waals surface area contributed by atoms with Crippen LogP contribution in [0, 0.1) is 17.5 Å². The van der Waals surface area contributed by atoms with Crippen LogP contribution in [0.2, 0.25) is 0 Å². The Bertz CT molecular complexity index is 889. The van der Waals surface area contributed by atoms with Gasteiger partial charge in [-0.3, -0.25) is 4.79 Å². The molecule has 3 nitrogen and oxygen atoms in total. The van der Waals surface area contributed by atoms with Gasteiger partial charge in [0.25, 0.3) is 5.91 Å². The van der Waals surface area contributed by atoms with Crippen LogP contribution in [-0.2, 0) is 6.54 Å². The quantitative estimate of drug-likeness (QED) is 0.782. The standard InChI is InChI=1S/C17H13F3N2O/c1-22(9-10-2-3-13(19)8-14(10)20)17(23)16-7-11-6-12(18)4-5-15(11)21-16/h2-8,21H,9H2,1H3. The van der Waals surface area contributed by atoms with Crippen molar-refractivity contribution in [3.63, 3.8) is 0 Å². The van der Waals surface area contributed by atoms with Gasteiger partial charge in [-0.25, -0.2) is 13.2 Å². The van der Waals surface area contributed by atoms with Crippen LogP contribution in [0.4, 0.5) is 13.2 Å². The van der Waals surface area contributed by atoms with E-state index in [1.165, 1.54) is 36.2 Å². The van der Waals surface area contributed by atoms with Crippen molar-refractivity contribution in [3.8, 4) is 0 Å². The van der Waals surface area contributed by atoms with E-state index in [0.29, 0.717) is 10.9 Å². The minimum absolute atomic E-state index is 0.00528. The lowest BCUT2D eigenvalue weighted by Crippen LogP contribution is -2.26. The molecule has 0 bridgehead atoms. The number of hydrogen-bond donors (Lipinski definition) is 1. The van der Waals surface area contributed by atoms with Crippen LogP contribution < -0.4 is 0 Å². The molecule has 0 spiro atoms. The SMILES string of the molecule is CN(Cc1ccc(F)cc1F)C(=O)c1cc2cc(F)ccc2[nH]1. The van der Waals surface area contributed by atoms with Gasteiger partial charge in [0.15, 0.2) is 0 Å². The van der Waals surface area contributed by atoms with Gasteiger partial charge in [-0.05, 0) is 30.3 Å². The number of aromatic amines is 1. The number of benzene rings is 2. The molecule has 3 aromatic rings. The Labute approximate surface area is 130 Å². The van der Waals surface area contributed by atoms with Crippen LogP contribution in [-0.4, -0.2) is 22.8 Å². The molecule has 0 aliphatic carbocycles. The van der Waals surface area contributed by atoms with E-state index in [-0.39, 0.29) is 23.7 Å². The molecule has 2 aromatic carbocycles. The van der Waals surface area contributed by atoms with Crippen molar-refractivity contribution in [2.45, 2.75) is 6.54 Å². The van der Waals surface area contributed by atoms with Crippen LogP contribution in [0.1, 0.15) is 16.1 Å². The molecule has 0 fully saturated rings. The highest BCUT2D eigenvalue weighted by Crippen LogP contribution is 2.19. The van der Waals surface area contributed by atoms with E-state index in [0.717, 1.165) is 12.1 Å². The smallest absolute Gasteiger partial charge is 0.270 e. The summed E-state index contributed by atoms with van der Waals surface area (Å²) in [6.45, 7) is -0.00528. The summed E-state index contributed by atoms with van der Waals surface area (Å²) in [7, 11) is 1.51. The maximum atomic E-state index is 13.7. The Morgan fingerprint density at radius 3 is 2.48 bits per heavy atom. The largest absolute Gasteiger partial charge is 0.351 e. The van der Waals surface area contributed by atoms with Gasteiger partial charge in [-0.2, -0.15) is 0 Å². The maximum absolute atomic E-state index is 13.7. The number of carbonyl (C=O) groups is 1. The minimum atomic E-state index is -0.705. The van der Waals surface area contributed by atoms with E-state index in [1.54, 1.807) is 6.07 Å². The summed E-state index contributed by atoms with van der Waals surface area (Å²) in [5.41, 5.74) is 1.12. The zero-order valence-electron chi connectivity index (χ0n) is 12.2.